The molecule has 6 aromatic rings. The number of aliphatic imine (C=N–C) groups is 1. The molecule has 0 spiro atoms. The highest BCUT2D eigenvalue weighted by Crippen LogP contribution is 2.34. The van der Waals surface area contributed by atoms with Gasteiger partial charge >= 0.3 is 0 Å². The Labute approximate surface area is 218 Å². The summed E-state index contributed by atoms with van der Waals surface area (Å²) in [5.74, 6) is 3.06. The molecular weight excluding hydrogens is 474 g/mol. The maximum Gasteiger partial charge on any atom is 0.252 e. The summed E-state index contributed by atoms with van der Waals surface area (Å²) in [4.78, 5) is 9.08. The van der Waals surface area contributed by atoms with Gasteiger partial charge < -0.3 is 9.47 Å². The van der Waals surface area contributed by atoms with Crippen LogP contribution in [0.1, 0.15) is 11.7 Å². The second-order valence-corrected chi connectivity index (χ2v) is 8.81. The van der Waals surface area contributed by atoms with E-state index in [1.165, 1.54) is 0 Å². The van der Waals surface area contributed by atoms with Crippen LogP contribution in [0.5, 0.6) is 23.1 Å². The van der Waals surface area contributed by atoms with Gasteiger partial charge in [0.25, 0.3) is 5.96 Å². The third kappa shape index (κ3) is 4.06. The summed E-state index contributed by atoms with van der Waals surface area (Å²) in [6, 6.07) is 37.3. The first kappa shape index (κ1) is 21.9. The van der Waals surface area contributed by atoms with Gasteiger partial charge in [-0.15, -0.1) is 5.11 Å². The lowest BCUT2D eigenvalue weighted by atomic mass is 10.2. The molecule has 182 valence electrons. The van der Waals surface area contributed by atoms with Crippen LogP contribution in [0.3, 0.4) is 0 Å². The molecule has 3 heterocycles. The topological polar surface area (TPSA) is 73.4 Å². The molecule has 7 rings (SSSR count). The molecule has 0 radical (unpaired) electrons. The number of fused-ring (bicyclic) bond motifs is 3. The zero-order chi connectivity index (χ0) is 25.3. The van der Waals surface area contributed by atoms with E-state index in [4.69, 9.17) is 14.5 Å². The quantitative estimate of drug-likeness (QED) is 0.242. The fraction of sp³-hybridized carbons (Fsp3) is 0.0323. The van der Waals surface area contributed by atoms with E-state index in [9.17, 15) is 0 Å². The summed E-state index contributed by atoms with van der Waals surface area (Å²) in [6.07, 6.45) is 1.24. The highest BCUT2D eigenvalue weighted by Gasteiger charge is 2.21. The van der Waals surface area contributed by atoms with E-state index in [0.717, 1.165) is 27.4 Å². The smallest absolute Gasteiger partial charge is 0.252 e. The molecule has 0 amide bonds. The van der Waals surface area contributed by atoms with E-state index in [-0.39, 0.29) is 0 Å². The van der Waals surface area contributed by atoms with Gasteiger partial charge in [-0.05, 0) is 42.5 Å². The molecule has 0 aliphatic carbocycles. The molecule has 1 aliphatic heterocycles. The van der Waals surface area contributed by atoms with Gasteiger partial charge in [-0.1, -0.05) is 60.7 Å². The van der Waals surface area contributed by atoms with Crippen molar-refractivity contribution in [1.29, 1.82) is 0 Å². The molecule has 7 nitrogen and oxygen atoms in total. The van der Waals surface area contributed by atoms with Crippen LogP contribution in [-0.2, 0) is 0 Å². The molecular formula is C31H21N5O2. The van der Waals surface area contributed by atoms with Crippen molar-refractivity contribution in [2.75, 3.05) is 0 Å². The average Bonchev–Trinajstić information content (AvgIpc) is 3.57. The zero-order valence-electron chi connectivity index (χ0n) is 20.2. The summed E-state index contributed by atoms with van der Waals surface area (Å²) in [5, 5.41) is 11.3. The number of ether oxygens (including phenoxy) is 2. The lowest BCUT2D eigenvalue weighted by molar-refractivity contribution is 0.449. The van der Waals surface area contributed by atoms with Gasteiger partial charge in [0.15, 0.2) is 6.17 Å². The molecule has 2 aromatic heterocycles. The standard InChI is InChI=1S/C31H21N5O2/c1-3-15-27-25(13-1)26-14-2-4-16-28(26)36(27)31-33-30(34-35-31)21-9-7-10-22(19-21)37-23-11-8-12-24(20-23)38-29-17-5-6-18-32-29/h1-20,30H. The van der Waals surface area contributed by atoms with E-state index in [0.29, 0.717) is 29.1 Å². The van der Waals surface area contributed by atoms with Crippen molar-refractivity contribution in [3.63, 3.8) is 0 Å². The Bertz CT molecular complexity index is 1790. The normalized spacial score (nSPS) is 14.6. The summed E-state index contributed by atoms with van der Waals surface area (Å²) >= 11 is 0. The summed E-state index contributed by atoms with van der Waals surface area (Å²) < 4.78 is 14.0. The summed E-state index contributed by atoms with van der Waals surface area (Å²) in [5.41, 5.74) is 3.00. The first-order valence-electron chi connectivity index (χ1n) is 12.3. The van der Waals surface area contributed by atoms with Gasteiger partial charge in [0.05, 0.1) is 11.0 Å². The molecule has 4 aromatic carbocycles. The maximum absolute atomic E-state index is 6.14. The second-order valence-electron chi connectivity index (χ2n) is 8.81. The number of aromatic nitrogens is 2. The predicted molar refractivity (Wildman–Crippen MR) is 147 cm³/mol. The molecule has 1 unspecified atom stereocenters. The number of benzene rings is 4. The SMILES string of the molecule is c1ccc(Oc2cccc(Oc3cccc(C4N=NC(n5c6ccccc6c6ccccc65)=N4)c3)c2)nc1. The average molecular weight is 496 g/mol. The fourth-order valence-corrected chi connectivity index (χ4v) is 4.65. The van der Waals surface area contributed by atoms with Gasteiger partial charge in [-0.3, -0.25) is 4.57 Å². The van der Waals surface area contributed by atoms with Crippen molar-refractivity contribution in [3.8, 4) is 23.1 Å². The van der Waals surface area contributed by atoms with Gasteiger partial charge in [-0.25, -0.2) is 9.98 Å². The minimum absolute atomic E-state index is 0.452. The zero-order valence-corrected chi connectivity index (χ0v) is 20.2. The van der Waals surface area contributed by atoms with Crippen molar-refractivity contribution in [2.24, 2.45) is 15.2 Å². The van der Waals surface area contributed by atoms with Crippen molar-refractivity contribution >= 4 is 27.8 Å². The minimum Gasteiger partial charge on any atom is -0.457 e. The molecule has 0 fully saturated rings. The van der Waals surface area contributed by atoms with Gasteiger partial charge in [0.1, 0.15) is 17.2 Å². The van der Waals surface area contributed by atoms with Crippen LogP contribution in [-0.4, -0.2) is 15.5 Å². The molecule has 38 heavy (non-hydrogen) atoms. The monoisotopic (exact) mass is 495 g/mol. The van der Waals surface area contributed by atoms with Gasteiger partial charge in [0.2, 0.25) is 5.88 Å². The van der Waals surface area contributed by atoms with Crippen molar-refractivity contribution < 1.29 is 9.47 Å². The Morgan fingerprint density at radius 3 is 2.00 bits per heavy atom. The molecule has 0 saturated carbocycles. The van der Waals surface area contributed by atoms with Crippen LogP contribution in [0.15, 0.2) is 137 Å². The third-order valence-electron chi connectivity index (χ3n) is 6.33. The lowest BCUT2D eigenvalue weighted by Crippen LogP contribution is -2.06. The second kappa shape index (κ2) is 9.29. The van der Waals surface area contributed by atoms with Gasteiger partial charge in [0, 0.05) is 34.7 Å². The van der Waals surface area contributed by atoms with E-state index in [1.54, 1.807) is 12.3 Å². The Hall–Kier alpha value is -5.30. The number of rotatable bonds is 5. The van der Waals surface area contributed by atoms with Crippen molar-refractivity contribution in [1.82, 2.24) is 9.55 Å². The third-order valence-corrected chi connectivity index (χ3v) is 6.33. The molecule has 0 saturated heterocycles. The maximum atomic E-state index is 6.14. The first-order chi connectivity index (χ1) is 18.8. The van der Waals surface area contributed by atoms with Crippen LogP contribution >= 0.6 is 0 Å². The molecule has 1 aliphatic rings. The van der Waals surface area contributed by atoms with Crippen LogP contribution in [0.25, 0.3) is 21.8 Å². The number of para-hydroxylation sites is 2. The lowest BCUT2D eigenvalue weighted by Gasteiger charge is -2.10. The van der Waals surface area contributed by atoms with Crippen molar-refractivity contribution in [3.05, 3.63) is 127 Å². The van der Waals surface area contributed by atoms with Crippen molar-refractivity contribution in [2.45, 2.75) is 6.17 Å². The largest absolute Gasteiger partial charge is 0.457 e. The number of pyridine rings is 1. The molecule has 1 atom stereocenters. The van der Waals surface area contributed by atoms with Gasteiger partial charge in [-0.2, -0.15) is 5.11 Å². The van der Waals surface area contributed by atoms with Crippen LogP contribution in [0.4, 0.5) is 0 Å². The fourth-order valence-electron chi connectivity index (χ4n) is 4.65. The number of nitrogens with zero attached hydrogens (tertiary/aromatic N) is 5. The molecule has 7 heteroatoms. The van der Waals surface area contributed by atoms with E-state index < -0.39 is 6.17 Å². The molecule has 0 N–H and O–H groups in total. The first-order valence-corrected chi connectivity index (χ1v) is 12.3. The Balaban J connectivity index is 1.16. The molecule has 0 bridgehead atoms. The van der Waals surface area contributed by atoms with E-state index in [2.05, 4.69) is 44.0 Å². The Kier molecular flexibility index (Phi) is 5.37. The Morgan fingerprint density at radius 2 is 1.26 bits per heavy atom. The van der Waals surface area contributed by atoms with Crippen LogP contribution in [0.2, 0.25) is 0 Å². The van der Waals surface area contributed by atoms with E-state index >= 15 is 0 Å². The van der Waals surface area contributed by atoms with Crippen LogP contribution in [0, 0.1) is 0 Å². The number of azo groups is 1. The summed E-state index contributed by atoms with van der Waals surface area (Å²) in [6.45, 7) is 0. The van der Waals surface area contributed by atoms with E-state index in [1.807, 2.05) is 84.9 Å². The Morgan fingerprint density at radius 1 is 0.605 bits per heavy atom. The summed E-state index contributed by atoms with van der Waals surface area (Å²) in [7, 11) is 0. The minimum atomic E-state index is -0.452. The highest BCUT2D eigenvalue weighted by molar-refractivity contribution is 6.14. The highest BCUT2D eigenvalue weighted by atomic mass is 16.5. The predicted octanol–water partition coefficient (Wildman–Crippen LogP) is 8.14. The van der Waals surface area contributed by atoms with Crippen LogP contribution < -0.4 is 9.47 Å². The number of hydrogen-bond acceptors (Lipinski definition) is 6. The number of hydrogen-bond donors (Lipinski definition) is 0.